The summed E-state index contributed by atoms with van der Waals surface area (Å²) < 4.78 is 1.26. The topological polar surface area (TPSA) is 58.1 Å². The summed E-state index contributed by atoms with van der Waals surface area (Å²) in [4.78, 5) is 23.6. The molecule has 1 aliphatic rings. The Labute approximate surface area is 201 Å². The van der Waals surface area contributed by atoms with Gasteiger partial charge in [-0.25, -0.2) is 9.97 Å². The highest BCUT2D eigenvalue weighted by Crippen LogP contribution is 2.20. The van der Waals surface area contributed by atoms with Crippen LogP contribution >= 0.6 is 34.4 Å². The van der Waals surface area contributed by atoms with Crippen LogP contribution in [0.2, 0.25) is 0 Å². The lowest BCUT2D eigenvalue weighted by molar-refractivity contribution is -0.119. The lowest BCUT2D eigenvalue weighted by atomic mass is 10.0. The van der Waals surface area contributed by atoms with Crippen LogP contribution in [0.5, 0.6) is 0 Å². The predicted octanol–water partition coefficient (Wildman–Crippen LogP) is 4.62. The molecule has 1 fully saturated rings. The summed E-state index contributed by atoms with van der Waals surface area (Å²) in [6.45, 7) is 2.99. The third-order valence-corrected chi connectivity index (χ3v) is 6.93. The lowest BCUT2D eigenvalue weighted by Crippen LogP contribution is -2.44. The zero-order valence-electron chi connectivity index (χ0n) is 17.2. The molecule has 7 heteroatoms. The maximum absolute atomic E-state index is 12.4. The molecule has 0 unspecified atom stereocenters. The number of aromatic nitrogens is 2. The summed E-state index contributed by atoms with van der Waals surface area (Å²) in [6.07, 6.45) is 5.60. The number of nitrogens with one attached hydrogen (secondary N) is 1. The molecule has 4 rings (SSSR count). The molecule has 0 bridgehead atoms. The van der Waals surface area contributed by atoms with E-state index >= 15 is 0 Å². The van der Waals surface area contributed by atoms with Gasteiger partial charge < -0.3 is 5.32 Å². The van der Waals surface area contributed by atoms with Gasteiger partial charge in [0, 0.05) is 47.2 Å². The monoisotopic (exact) mass is 544 g/mol. The van der Waals surface area contributed by atoms with Crippen molar-refractivity contribution in [1.29, 1.82) is 0 Å². The van der Waals surface area contributed by atoms with Crippen molar-refractivity contribution < 1.29 is 4.79 Å². The Bertz CT molecular complexity index is 975. The van der Waals surface area contributed by atoms with Crippen LogP contribution in [-0.2, 0) is 11.3 Å². The standard InChI is InChI=1S/C24H25IN4OS/c25-21-8-6-18(7-9-21)16-29-12-10-22(11-13-29)28-23(30)17-31-24-26-14-20(15-27-24)19-4-2-1-3-5-19/h1-9,14-15,22H,10-13,16-17H2,(H,28,30). The highest BCUT2D eigenvalue weighted by atomic mass is 127. The molecule has 31 heavy (non-hydrogen) atoms. The first-order valence-electron chi connectivity index (χ1n) is 10.4. The minimum atomic E-state index is 0.0526. The molecular weight excluding hydrogens is 519 g/mol. The number of amides is 1. The summed E-state index contributed by atoms with van der Waals surface area (Å²) in [5, 5.41) is 3.80. The van der Waals surface area contributed by atoms with Gasteiger partial charge >= 0.3 is 0 Å². The van der Waals surface area contributed by atoms with Crippen molar-refractivity contribution in [2.45, 2.75) is 30.6 Å². The first kappa shape index (κ1) is 22.2. The number of carbonyl (C=O) groups is 1. The fourth-order valence-electron chi connectivity index (χ4n) is 3.65. The second-order valence-corrected chi connectivity index (χ2v) is 9.84. The van der Waals surface area contributed by atoms with Crippen LogP contribution in [0.4, 0.5) is 0 Å². The molecule has 0 aliphatic carbocycles. The molecule has 1 N–H and O–H groups in total. The van der Waals surface area contributed by atoms with Gasteiger partial charge in [0.25, 0.3) is 0 Å². The highest BCUT2D eigenvalue weighted by molar-refractivity contribution is 14.1. The third-order valence-electron chi connectivity index (χ3n) is 5.34. The summed E-state index contributed by atoms with van der Waals surface area (Å²) in [6, 6.07) is 19.0. The SMILES string of the molecule is O=C(CSc1ncc(-c2ccccc2)cn1)NC1CCN(Cc2ccc(I)cc2)CC1. The second kappa shape index (κ2) is 11.1. The molecule has 160 valence electrons. The zero-order valence-corrected chi connectivity index (χ0v) is 20.2. The van der Waals surface area contributed by atoms with E-state index in [1.54, 1.807) is 0 Å². The predicted molar refractivity (Wildman–Crippen MR) is 134 cm³/mol. The number of halogens is 1. The summed E-state index contributed by atoms with van der Waals surface area (Å²) in [5.41, 5.74) is 3.41. The van der Waals surface area contributed by atoms with Crippen molar-refractivity contribution >= 4 is 40.3 Å². The number of piperidine rings is 1. The van der Waals surface area contributed by atoms with Gasteiger partial charge in [0.2, 0.25) is 5.91 Å². The molecular formula is C24H25IN4OS. The number of thioether (sulfide) groups is 1. The molecule has 0 radical (unpaired) electrons. The quantitative estimate of drug-likeness (QED) is 0.267. The number of benzene rings is 2. The van der Waals surface area contributed by atoms with E-state index < -0.39 is 0 Å². The van der Waals surface area contributed by atoms with Crippen molar-refractivity contribution in [3.63, 3.8) is 0 Å². The Morgan fingerprint density at radius 3 is 2.35 bits per heavy atom. The van der Waals surface area contributed by atoms with E-state index in [1.807, 2.05) is 42.7 Å². The van der Waals surface area contributed by atoms with Crippen molar-refractivity contribution in [3.05, 3.63) is 76.1 Å². The van der Waals surface area contributed by atoms with Gasteiger partial charge in [0.05, 0.1) is 5.75 Å². The Kier molecular flexibility index (Phi) is 7.93. The van der Waals surface area contributed by atoms with Gasteiger partial charge in [0.1, 0.15) is 0 Å². The Morgan fingerprint density at radius 1 is 1.00 bits per heavy atom. The average molecular weight is 544 g/mol. The second-order valence-electron chi connectivity index (χ2n) is 7.65. The van der Waals surface area contributed by atoms with Crippen molar-refractivity contribution in [1.82, 2.24) is 20.2 Å². The minimum Gasteiger partial charge on any atom is -0.353 e. The van der Waals surface area contributed by atoms with Crippen LogP contribution in [0, 0.1) is 3.57 Å². The molecule has 0 spiro atoms. The molecule has 0 atom stereocenters. The zero-order chi connectivity index (χ0) is 21.5. The van der Waals surface area contributed by atoms with E-state index in [-0.39, 0.29) is 11.9 Å². The Hall–Kier alpha value is -1.97. The fraction of sp³-hybridized carbons (Fsp3) is 0.292. The number of carbonyl (C=O) groups excluding carboxylic acids is 1. The number of hydrogen-bond donors (Lipinski definition) is 1. The van der Waals surface area contributed by atoms with E-state index in [0.29, 0.717) is 10.9 Å². The van der Waals surface area contributed by atoms with Crippen molar-refractivity contribution in [2.24, 2.45) is 0 Å². The maximum Gasteiger partial charge on any atom is 0.230 e. The number of rotatable bonds is 7. The molecule has 1 saturated heterocycles. The van der Waals surface area contributed by atoms with Crippen molar-refractivity contribution in [3.8, 4) is 11.1 Å². The summed E-state index contributed by atoms with van der Waals surface area (Å²) >= 11 is 3.71. The van der Waals surface area contributed by atoms with Gasteiger partial charge in [-0.2, -0.15) is 0 Å². The van der Waals surface area contributed by atoms with Gasteiger partial charge in [-0.15, -0.1) is 0 Å². The van der Waals surface area contributed by atoms with Gasteiger partial charge in [0.15, 0.2) is 5.16 Å². The van der Waals surface area contributed by atoms with Crippen LogP contribution in [0.3, 0.4) is 0 Å². The van der Waals surface area contributed by atoms with Crippen molar-refractivity contribution in [2.75, 3.05) is 18.8 Å². The first-order valence-corrected chi connectivity index (χ1v) is 12.5. The molecule has 5 nitrogen and oxygen atoms in total. The third kappa shape index (κ3) is 6.75. The molecule has 2 heterocycles. The van der Waals surface area contributed by atoms with E-state index in [2.05, 4.69) is 67.0 Å². The molecule has 2 aromatic carbocycles. The van der Waals surface area contributed by atoms with E-state index in [9.17, 15) is 4.79 Å². The van der Waals surface area contributed by atoms with E-state index in [0.717, 1.165) is 43.6 Å². The van der Waals surface area contributed by atoms with Crippen LogP contribution in [0.25, 0.3) is 11.1 Å². The first-order chi connectivity index (χ1) is 15.2. The maximum atomic E-state index is 12.4. The smallest absolute Gasteiger partial charge is 0.230 e. The normalized spacial score (nSPS) is 15.0. The fourth-order valence-corrected chi connectivity index (χ4v) is 4.61. The minimum absolute atomic E-state index is 0.0526. The molecule has 1 aromatic heterocycles. The molecule has 3 aromatic rings. The largest absolute Gasteiger partial charge is 0.353 e. The lowest BCUT2D eigenvalue weighted by Gasteiger charge is -2.32. The molecule has 1 aliphatic heterocycles. The van der Waals surface area contributed by atoms with Crippen LogP contribution in [0.15, 0.2) is 72.1 Å². The number of likely N-dealkylation sites (tertiary alicyclic amines) is 1. The van der Waals surface area contributed by atoms with Gasteiger partial charge in [-0.3, -0.25) is 9.69 Å². The van der Waals surface area contributed by atoms with Gasteiger partial charge in [-0.1, -0.05) is 54.2 Å². The average Bonchev–Trinajstić information content (AvgIpc) is 2.81. The summed E-state index contributed by atoms with van der Waals surface area (Å²) in [5.74, 6) is 0.393. The van der Waals surface area contributed by atoms with Crippen LogP contribution in [-0.4, -0.2) is 45.7 Å². The number of hydrogen-bond acceptors (Lipinski definition) is 5. The Morgan fingerprint density at radius 2 is 1.68 bits per heavy atom. The van der Waals surface area contributed by atoms with E-state index in [4.69, 9.17) is 0 Å². The molecule has 1 amide bonds. The van der Waals surface area contributed by atoms with Crippen LogP contribution in [0.1, 0.15) is 18.4 Å². The molecule has 0 saturated carbocycles. The Balaban J connectivity index is 1.18. The highest BCUT2D eigenvalue weighted by Gasteiger charge is 2.21. The van der Waals surface area contributed by atoms with E-state index in [1.165, 1.54) is 20.9 Å². The summed E-state index contributed by atoms with van der Waals surface area (Å²) in [7, 11) is 0. The van der Waals surface area contributed by atoms with Crippen LogP contribution < -0.4 is 5.32 Å². The van der Waals surface area contributed by atoms with Gasteiger partial charge in [-0.05, 0) is 58.7 Å². The number of nitrogens with zero attached hydrogens (tertiary/aromatic N) is 3.